The van der Waals surface area contributed by atoms with Gasteiger partial charge < -0.3 is 20.7 Å². The number of nitrogens with two attached hydrogens (primary N) is 1. The highest BCUT2D eigenvalue weighted by atomic mass is 16.6. The molecule has 1 aliphatic rings. The van der Waals surface area contributed by atoms with Crippen molar-refractivity contribution in [2.24, 2.45) is 0 Å². The molecule has 8 nitrogen and oxygen atoms in total. The second-order valence-electron chi connectivity index (χ2n) is 4.88. The summed E-state index contributed by atoms with van der Waals surface area (Å²) in [4.78, 5) is 12.1. The number of hydrogen-bond acceptors (Lipinski definition) is 7. The van der Waals surface area contributed by atoms with Crippen LogP contribution in [0, 0.1) is 0 Å². The third kappa shape index (κ3) is 1.76. The quantitative estimate of drug-likeness (QED) is 0.665. The van der Waals surface area contributed by atoms with E-state index in [1.54, 1.807) is 17.8 Å². The average Bonchev–Trinajstić information content (AvgIpc) is 2.94. The van der Waals surface area contributed by atoms with Gasteiger partial charge in [0.15, 0.2) is 11.5 Å². The molecule has 19 heavy (non-hydrogen) atoms. The van der Waals surface area contributed by atoms with Gasteiger partial charge in [0.25, 0.3) is 0 Å². The lowest BCUT2D eigenvalue weighted by Crippen LogP contribution is -2.39. The topological polar surface area (TPSA) is 119 Å². The van der Waals surface area contributed by atoms with Crippen molar-refractivity contribution in [3.8, 4) is 0 Å². The summed E-state index contributed by atoms with van der Waals surface area (Å²) in [5.41, 5.74) is 5.79. The van der Waals surface area contributed by atoms with E-state index in [9.17, 15) is 10.2 Å². The van der Waals surface area contributed by atoms with Crippen molar-refractivity contribution in [2.75, 3.05) is 12.3 Å². The summed E-state index contributed by atoms with van der Waals surface area (Å²) in [5, 5.41) is 19.3. The number of rotatable bonds is 2. The molecule has 2 aromatic heterocycles. The lowest BCUT2D eigenvalue weighted by Gasteiger charge is -2.24. The van der Waals surface area contributed by atoms with E-state index in [0.29, 0.717) is 23.4 Å². The monoisotopic (exact) mass is 265 g/mol. The van der Waals surface area contributed by atoms with Gasteiger partial charge >= 0.3 is 0 Å². The Hall–Kier alpha value is -1.77. The molecule has 3 rings (SSSR count). The van der Waals surface area contributed by atoms with Crippen LogP contribution in [0.2, 0.25) is 0 Å². The Morgan fingerprint density at radius 3 is 3.00 bits per heavy atom. The number of anilines is 1. The van der Waals surface area contributed by atoms with Crippen LogP contribution in [0.15, 0.2) is 12.7 Å². The van der Waals surface area contributed by atoms with Crippen LogP contribution in [0.3, 0.4) is 0 Å². The van der Waals surface area contributed by atoms with Gasteiger partial charge in [-0.3, -0.25) is 4.57 Å². The molecule has 1 saturated heterocycles. The molecule has 0 saturated carbocycles. The number of nitrogen functional groups attached to an aromatic ring is 1. The standard InChI is InChI=1S/C11H15N5O3/c1-11(3-17)6(18)2-7(19-11)16-5-15-8-9(12)13-4-14-10(8)16/h4-7,17-18H,2-3H2,1H3,(H2,12,13,14)/t6-,7+,11+/m0/s1. The molecule has 4 N–H and O–H groups in total. The Morgan fingerprint density at radius 1 is 1.53 bits per heavy atom. The van der Waals surface area contributed by atoms with Crippen LogP contribution in [-0.4, -0.2) is 48.0 Å². The van der Waals surface area contributed by atoms with Crippen molar-refractivity contribution in [1.82, 2.24) is 19.5 Å². The summed E-state index contributed by atoms with van der Waals surface area (Å²) < 4.78 is 7.42. The fourth-order valence-electron chi connectivity index (χ4n) is 2.27. The lowest BCUT2D eigenvalue weighted by atomic mass is 10.0. The van der Waals surface area contributed by atoms with Crippen molar-refractivity contribution in [1.29, 1.82) is 0 Å². The highest BCUT2D eigenvalue weighted by Crippen LogP contribution is 2.37. The Kier molecular flexibility index (Phi) is 2.66. The van der Waals surface area contributed by atoms with Crippen molar-refractivity contribution < 1.29 is 14.9 Å². The van der Waals surface area contributed by atoms with E-state index < -0.39 is 17.9 Å². The molecule has 0 radical (unpaired) electrons. The molecule has 1 fully saturated rings. The van der Waals surface area contributed by atoms with Gasteiger partial charge in [-0.05, 0) is 6.92 Å². The molecular formula is C11H15N5O3. The Labute approximate surface area is 108 Å². The van der Waals surface area contributed by atoms with E-state index >= 15 is 0 Å². The van der Waals surface area contributed by atoms with Gasteiger partial charge in [0, 0.05) is 6.42 Å². The maximum absolute atomic E-state index is 9.97. The van der Waals surface area contributed by atoms with Gasteiger partial charge in [-0.15, -0.1) is 0 Å². The van der Waals surface area contributed by atoms with Crippen molar-refractivity contribution in [3.05, 3.63) is 12.7 Å². The minimum Gasteiger partial charge on any atom is -0.393 e. The predicted octanol–water partition coefficient (Wildman–Crippen LogP) is -0.561. The number of aliphatic hydroxyl groups excluding tert-OH is 2. The molecule has 102 valence electrons. The fraction of sp³-hybridized carbons (Fsp3) is 0.545. The van der Waals surface area contributed by atoms with Crippen molar-refractivity contribution >= 4 is 17.0 Å². The van der Waals surface area contributed by atoms with Gasteiger partial charge in [0.1, 0.15) is 23.7 Å². The zero-order valence-corrected chi connectivity index (χ0v) is 10.4. The maximum atomic E-state index is 9.97. The summed E-state index contributed by atoms with van der Waals surface area (Å²) >= 11 is 0. The molecule has 0 aliphatic carbocycles. The van der Waals surface area contributed by atoms with E-state index in [4.69, 9.17) is 10.5 Å². The number of ether oxygens (including phenoxy) is 1. The van der Waals surface area contributed by atoms with Crippen LogP contribution >= 0.6 is 0 Å². The van der Waals surface area contributed by atoms with Crippen molar-refractivity contribution in [3.63, 3.8) is 0 Å². The third-order valence-corrected chi connectivity index (χ3v) is 3.55. The first-order valence-corrected chi connectivity index (χ1v) is 5.95. The number of nitrogens with zero attached hydrogens (tertiary/aromatic N) is 4. The Balaban J connectivity index is 2.01. The van der Waals surface area contributed by atoms with E-state index in [2.05, 4.69) is 15.0 Å². The molecule has 0 spiro atoms. The second kappa shape index (κ2) is 4.12. The molecule has 0 aromatic carbocycles. The van der Waals surface area contributed by atoms with Gasteiger partial charge in [-0.25, -0.2) is 15.0 Å². The Bertz CT molecular complexity index is 615. The molecule has 0 unspecified atom stereocenters. The summed E-state index contributed by atoms with van der Waals surface area (Å²) in [6.45, 7) is 1.41. The van der Waals surface area contributed by atoms with E-state index in [0.717, 1.165) is 0 Å². The number of fused-ring (bicyclic) bond motifs is 1. The SMILES string of the molecule is C[C@]1(CO)O[C@@H](n2cnc3c(N)ncnc32)C[C@@H]1O. The first kappa shape index (κ1) is 12.3. The highest BCUT2D eigenvalue weighted by molar-refractivity contribution is 5.81. The summed E-state index contributed by atoms with van der Waals surface area (Å²) in [7, 11) is 0. The van der Waals surface area contributed by atoms with Crippen LogP contribution in [0.4, 0.5) is 5.82 Å². The largest absolute Gasteiger partial charge is 0.393 e. The molecule has 1 aliphatic heterocycles. The van der Waals surface area contributed by atoms with Gasteiger partial charge in [-0.1, -0.05) is 0 Å². The third-order valence-electron chi connectivity index (χ3n) is 3.55. The first-order valence-electron chi connectivity index (χ1n) is 5.95. The maximum Gasteiger partial charge on any atom is 0.167 e. The highest BCUT2D eigenvalue weighted by Gasteiger charge is 2.45. The van der Waals surface area contributed by atoms with Crippen LogP contribution in [0.5, 0.6) is 0 Å². The zero-order valence-electron chi connectivity index (χ0n) is 10.4. The van der Waals surface area contributed by atoms with Crippen LogP contribution in [-0.2, 0) is 4.74 Å². The fourth-order valence-corrected chi connectivity index (χ4v) is 2.27. The molecule has 8 heteroatoms. The minimum atomic E-state index is -0.972. The van der Waals surface area contributed by atoms with Crippen molar-refractivity contribution in [2.45, 2.75) is 31.3 Å². The summed E-state index contributed by atoms with van der Waals surface area (Å²) in [6, 6.07) is 0. The molecular weight excluding hydrogens is 250 g/mol. The first-order chi connectivity index (χ1) is 9.05. The summed E-state index contributed by atoms with van der Waals surface area (Å²) in [5.74, 6) is 0.298. The number of aromatic nitrogens is 4. The zero-order chi connectivity index (χ0) is 13.6. The number of imidazole rings is 1. The molecule has 3 heterocycles. The normalized spacial score (nSPS) is 31.1. The lowest BCUT2D eigenvalue weighted by molar-refractivity contribution is -0.115. The van der Waals surface area contributed by atoms with Gasteiger partial charge in [-0.2, -0.15) is 0 Å². The molecule has 3 atom stereocenters. The predicted molar refractivity (Wildman–Crippen MR) is 66.0 cm³/mol. The van der Waals surface area contributed by atoms with E-state index in [1.165, 1.54) is 6.33 Å². The molecule has 2 aromatic rings. The van der Waals surface area contributed by atoms with Crippen LogP contribution in [0.25, 0.3) is 11.2 Å². The number of hydrogen-bond donors (Lipinski definition) is 3. The second-order valence-corrected chi connectivity index (χ2v) is 4.88. The minimum absolute atomic E-state index is 0.256. The molecule has 0 bridgehead atoms. The van der Waals surface area contributed by atoms with E-state index in [1.807, 2.05) is 0 Å². The Morgan fingerprint density at radius 2 is 2.32 bits per heavy atom. The summed E-state index contributed by atoms with van der Waals surface area (Å²) in [6.07, 6.45) is 2.07. The van der Waals surface area contributed by atoms with Gasteiger partial charge in [0.05, 0.1) is 19.0 Å². The van der Waals surface area contributed by atoms with Crippen LogP contribution < -0.4 is 5.73 Å². The van der Waals surface area contributed by atoms with Crippen LogP contribution in [0.1, 0.15) is 19.6 Å². The molecule has 0 amide bonds. The smallest absolute Gasteiger partial charge is 0.167 e. The van der Waals surface area contributed by atoms with Gasteiger partial charge in [0.2, 0.25) is 0 Å². The average molecular weight is 265 g/mol. The van der Waals surface area contributed by atoms with E-state index in [-0.39, 0.29) is 6.61 Å². The number of aliphatic hydroxyl groups is 2.